The third kappa shape index (κ3) is 1.23. The van der Waals surface area contributed by atoms with Crippen molar-refractivity contribution in [3.63, 3.8) is 0 Å². The molecular weight excluding hydrogens is 234 g/mol. The molecule has 4 rings (SSSR count). The van der Waals surface area contributed by atoms with Crippen molar-refractivity contribution >= 4 is 22.1 Å². The third-order valence-electron chi connectivity index (χ3n) is 4.12. The first-order valence-corrected chi connectivity index (χ1v) is 6.86. The first kappa shape index (κ1) is 9.65. The van der Waals surface area contributed by atoms with Gasteiger partial charge in [-0.2, -0.15) is 5.10 Å². The second-order valence-electron chi connectivity index (χ2n) is 5.23. The van der Waals surface area contributed by atoms with Crippen molar-refractivity contribution in [3.8, 4) is 0 Å². The zero-order chi connectivity index (χ0) is 11.5. The lowest BCUT2D eigenvalue weighted by atomic mass is 9.63. The summed E-state index contributed by atoms with van der Waals surface area (Å²) >= 11 is 1.57. The zero-order valence-corrected chi connectivity index (χ0v) is 10.2. The minimum Gasteiger partial charge on any atom is -0.337 e. The summed E-state index contributed by atoms with van der Waals surface area (Å²) in [6, 6.07) is 0. The third-order valence-corrected chi connectivity index (χ3v) is 5.00. The fourth-order valence-electron chi connectivity index (χ4n) is 2.94. The van der Waals surface area contributed by atoms with E-state index >= 15 is 0 Å². The molecule has 1 spiro atoms. The fraction of sp³-hybridized carbons (Fsp3) is 0.500. The predicted molar refractivity (Wildman–Crippen MR) is 65.3 cm³/mol. The molecule has 1 saturated carbocycles. The van der Waals surface area contributed by atoms with Gasteiger partial charge in [-0.25, -0.2) is 4.52 Å². The monoisotopic (exact) mass is 247 g/mol. The van der Waals surface area contributed by atoms with Crippen molar-refractivity contribution in [3.05, 3.63) is 23.3 Å². The van der Waals surface area contributed by atoms with Crippen molar-refractivity contribution in [2.24, 2.45) is 5.41 Å². The Balaban J connectivity index is 1.59. The van der Waals surface area contributed by atoms with E-state index in [1.165, 1.54) is 19.3 Å². The summed E-state index contributed by atoms with van der Waals surface area (Å²) in [7, 11) is 0. The lowest BCUT2D eigenvalue weighted by Crippen LogP contribution is -2.61. The summed E-state index contributed by atoms with van der Waals surface area (Å²) < 4.78 is 1.77. The van der Waals surface area contributed by atoms with Crippen molar-refractivity contribution in [1.82, 2.24) is 14.5 Å². The zero-order valence-electron chi connectivity index (χ0n) is 9.43. The van der Waals surface area contributed by atoms with Gasteiger partial charge in [0.25, 0.3) is 5.91 Å². The van der Waals surface area contributed by atoms with E-state index in [1.54, 1.807) is 22.0 Å². The van der Waals surface area contributed by atoms with Crippen molar-refractivity contribution < 1.29 is 4.79 Å². The Morgan fingerprint density at radius 3 is 2.94 bits per heavy atom. The molecule has 3 heterocycles. The van der Waals surface area contributed by atoms with Gasteiger partial charge >= 0.3 is 0 Å². The summed E-state index contributed by atoms with van der Waals surface area (Å²) in [5, 5.41) is 6.15. The van der Waals surface area contributed by atoms with Gasteiger partial charge in [-0.1, -0.05) is 6.42 Å². The summed E-state index contributed by atoms with van der Waals surface area (Å²) in [5.41, 5.74) is 1.26. The van der Waals surface area contributed by atoms with Crippen LogP contribution in [0.5, 0.6) is 0 Å². The maximum atomic E-state index is 12.3. The minimum absolute atomic E-state index is 0.153. The second kappa shape index (κ2) is 3.10. The van der Waals surface area contributed by atoms with Gasteiger partial charge in [0, 0.05) is 30.1 Å². The normalized spacial score (nSPS) is 21.5. The van der Waals surface area contributed by atoms with Crippen LogP contribution >= 0.6 is 11.3 Å². The molecule has 2 aromatic rings. The van der Waals surface area contributed by atoms with Crippen LogP contribution in [0, 0.1) is 5.41 Å². The Labute approximate surface area is 103 Å². The van der Waals surface area contributed by atoms with Crippen LogP contribution in [0.15, 0.2) is 17.8 Å². The van der Waals surface area contributed by atoms with E-state index in [2.05, 4.69) is 5.10 Å². The first-order valence-electron chi connectivity index (χ1n) is 5.98. The van der Waals surface area contributed by atoms with Gasteiger partial charge in [0.05, 0.1) is 11.8 Å². The van der Waals surface area contributed by atoms with E-state index in [-0.39, 0.29) is 5.91 Å². The van der Waals surface area contributed by atoms with Crippen LogP contribution in [-0.4, -0.2) is 33.5 Å². The highest BCUT2D eigenvalue weighted by atomic mass is 32.1. The Morgan fingerprint density at radius 2 is 2.24 bits per heavy atom. The minimum atomic E-state index is 0.153. The number of carbonyl (C=O) groups excluding carboxylic acids is 1. The Bertz CT molecular complexity index is 588. The quantitative estimate of drug-likeness (QED) is 0.773. The maximum Gasteiger partial charge on any atom is 0.258 e. The van der Waals surface area contributed by atoms with Gasteiger partial charge in [-0.05, 0) is 12.8 Å². The lowest BCUT2D eigenvalue weighted by molar-refractivity contribution is -0.0425. The van der Waals surface area contributed by atoms with Gasteiger partial charge in [0.2, 0.25) is 0 Å². The number of hydrogen-bond donors (Lipinski definition) is 0. The average molecular weight is 247 g/mol. The molecule has 2 aliphatic rings. The van der Waals surface area contributed by atoms with Crippen LogP contribution in [0.1, 0.15) is 29.6 Å². The highest BCUT2D eigenvalue weighted by Gasteiger charge is 2.49. The molecule has 0 N–H and O–H groups in total. The summed E-state index contributed by atoms with van der Waals surface area (Å²) in [4.78, 5) is 15.2. The average Bonchev–Trinajstić information content (AvgIpc) is 2.72. The molecule has 4 nitrogen and oxygen atoms in total. The molecule has 88 valence electrons. The first-order chi connectivity index (χ1) is 8.27. The van der Waals surface area contributed by atoms with Gasteiger partial charge < -0.3 is 4.90 Å². The maximum absolute atomic E-state index is 12.3. The SMILES string of the molecule is O=C(c1cnn2ccsc12)N1CC2(CCC2)C1. The Morgan fingerprint density at radius 1 is 1.41 bits per heavy atom. The number of nitrogens with zero attached hydrogens (tertiary/aromatic N) is 3. The molecule has 0 bridgehead atoms. The van der Waals surface area contributed by atoms with E-state index in [4.69, 9.17) is 0 Å². The molecule has 5 heteroatoms. The Kier molecular flexibility index (Phi) is 1.76. The summed E-state index contributed by atoms with van der Waals surface area (Å²) in [6.45, 7) is 1.91. The number of carbonyl (C=O) groups is 1. The van der Waals surface area contributed by atoms with Crippen LogP contribution < -0.4 is 0 Å². The smallest absolute Gasteiger partial charge is 0.258 e. The molecule has 1 saturated heterocycles. The van der Waals surface area contributed by atoms with E-state index < -0.39 is 0 Å². The van der Waals surface area contributed by atoms with Crippen LogP contribution in [0.2, 0.25) is 0 Å². The van der Waals surface area contributed by atoms with E-state index in [9.17, 15) is 4.79 Å². The molecule has 1 amide bonds. The number of hydrogen-bond acceptors (Lipinski definition) is 3. The molecule has 2 aromatic heterocycles. The molecule has 1 aliphatic heterocycles. The van der Waals surface area contributed by atoms with Crippen LogP contribution in [0.25, 0.3) is 4.83 Å². The van der Waals surface area contributed by atoms with Crippen molar-refractivity contribution in [2.45, 2.75) is 19.3 Å². The predicted octanol–water partition coefficient (Wildman–Crippen LogP) is 2.02. The van der Waals surface area contributed by atoms with E-state index in [0.29, 0.717) is 5.41 Å². The van der Waals surface area contributed by atoms with Crippen LogP contribution in [0.4, 0.5) is 0 Å². The molecule has 0 aromatic carbocycles. The Hall–Kier alpha value is -1.36. The number of aromatic nitrogens is 2. The molecule has 1 aliphatic carbocycles. The molecular formula is C12H13N3OS. The van der Waals surface area contributed by atoms with E-state index in [1.807, 2.05) is 16.5 Å². The topological polar surface area (TPSA) is 37.6 Å². The number of fused-ring (bicyclic) bond motifs is 1. The highest BCUT2D eigenvalue weighted by molar-refractivity contribution is 7.15. The number of likely N-dealkylation sites (tertiary alicyclic amines) is 1. The van der Waals surface area contributed by atoms with Gasteiger partial charge in [-0.15, -0.1) is 11.3 Å². The number of rotatable bonds is 1. The van der Waals surface area contributed by atoms with Crippen molar-refractivity contribution in [1.29, 1.82) is 0 Å². The van der Waals surface area contributed by atoms with Gasteiger partial charge in [0.15, 0.2) is 0 Å². The molecule has 0 unspecified atom stereocenters. The molecule has 0 radical (unpaired) electrons. The number of amides is 1. The molecule has 17 heavy (non-hydrogen) atoms. The van der Waals surface area contributed by atoms with Crippen LogP contribution in [-0.2, 0) is 0 Å². The molecule has 2 fully saturated rings. The lowest BCUT2D eigenvalue weighted by Gasteiger charge is -2.55. The second-order valence-corrected chi connectivity index (χ2v) is 6.12. The standard InChI is InChI=1S/C12H13N3OS/c16-10(14-7-12(8-14)2-1-3-12)9-6-13-15-4-5-17-11(9)15/h4-6H,1-3,7-8H2. The van der Waals surface area contributed by atoms with Gasteiger partial charge in [-0.3, -0.25) is 4.79 Å². The van der Waals surface area contributed by atoms with Crippen LogP contribution in [0.3, 0.4) is 0 Å². The largest absolute Gasteiger partial charge is 0.337 e. The summed E-state index contributed by atoms with van der Waals surface area (Å²) in [5.74, 6) is 0.153. The molecule has 0 atom stereocenters. The van der Waals surface area contributed by atoms with Gasteiger partial charge in [0.1, 0.15) is 4.83 Å². The van der Waals surface area contributed by atoms with E-state index in [0.717, 1.165) is 23.5 Å². The highest BCUT2D eigenvalue weighted by Crippen LogP contribution is 2.48. The van der Waals surface area contributed by atoms with Crippen molar-refractivity contribution in [2.75, 3.05) is 13.1 Å². The number of thiazole rings is 1. The summed E-state index contributed by atoms with van der Waals surface area (Å²) in [6.07, 6.45) is 7.53. The fourth-order valence-corrected chi connectivity index (χ4v) is 3.73.